The number of phenolic OH excluding ortho intramolecular Hbond substituents is 1. The Kier molecular flexibility index (Phi) is 5.04. The minimum Gasteiger partial charge on any atom is -0.508 e. The number of amides is 1. The van der Waals surface area contributed by atoms with Gasteiger partial charge >= 0.3 is 0 Å². The Hall–Kier alpha value is -3.70. The smallest absolute Gasteiger partial charge is 0.255 e. The van der Waals surface area contributed by atoms with Crippen LogP contribution < -0.4 is 10.6 Å². The van der Waals surface area contributed by atoms with E-state index in [0.29, 0.717) is 21.8 Å². The molecule has 1 amide bonds. The van der Waals surface area contributed by atoms with Crippen molar-refractivity contribution in [3.8, 4) is 16.3 Å². The van der Waals surface area contributed by atoms with Crippen molar-refractivity contribution < 1.29 is 34.8 Å². The van der Waals surface area contributed by atoms with Crippen molar-refractivity contribution in [1.29, 1.82) is 0 Å². The van der Waals surface area contributed by atoms with Crippen LogP contribution in [0.25, 0.3) is 16.3 Å². The van der Waals surface area contributed by atoms with Gasteiger partial charge in [0.05, 0.1) is 11.1 Å². The van der Waals surface area contributed by atoms with E-state index in [0.717, 1.165) is 0 Å². The minimum atomic E-state index is -2.58. The lowest BCUT2D eigenvalue weighted by Crippen LogP contribution is -2.58. The highest BCUT2D eigenvalue weighted by Gasteiger charge is 2.60. The van der Waals surface area contributed by atoms with Crippen LogP contribution >= 0.6 is 11.3 Å². The van der Waals surface area contributed by atoms with Crippen LogP contribution in [0.5, 0.6) is 5.75 Å². The molecule has 3 aliphatic carbocycles. The Balaban J connectivity index is 1.75. The third-order valence-corrected chi connectivity index (χ3v) is 7.99. The zero-order chi connectivity index (χ0) is 25.4. The molecule has 1 saturated carbocycles. The van der Waals surface area contributed by atoms with E-state index >= 15 is 0 Å². The molecule has 5 rings (SSSR count). The van der Waals surface area contributed by atoms with Gasteiger partial charge in [-0.25, -0.2) is 4.98 Å². The molecule has 0 saturated heterocycles. The van der Waals surface area contributed by atoms with Gasteiger partial charge in [-0.2, -0.15) is 0 Å². The number of hydrogen-bond donors (Lipinski definition) is 5. The molecule has 0 aliphatic heterocycles. The van der Waals surface area contributed by atoms with Gasteiger partial charge in [-0.1, -0.05) is 0 Å². The number of aliphatic hydroxyl groups is 3. The van der Waals surface area contributed by atoms with Gasteiger partial charge in [0.2, 0.25) is 5.78 Å². The summed E-state index contributed by atoms with van der Waals surface area (Å²) in [6.45, 7) is 0. The predicted octanol–water partition coefficient (Wildman–Crippen LogP) is 1.61. The van der Waals surface area contributed by atoms with E-state index in [1.54, 1.807) is 17.6 Å². The highest BCUT2D eigenvalue weighted by molar-refractivity contribution is 7.13. The molecule has 0 bridgehead atoms. The molecule has 1 fully saturated rings. The number of primary amides is 1. The van der Waals surface area contributed by atoms with Crippen LogP contribution in [-0.4, -0.2) is 62.6 Å². The van der Waals surface area contributed by atoms with E-state index in [9.17, 15) is 34.8 Å². The molecule has 0 spiro atoms. The van der Waals surface area contributed by atoms with Crippen LogP contribution in [-0.2, 0) is 20.8 Å². The maximum Gasteiger partial charge on any atom is 0.255 e. The van der Waals surface area contributed by atoms with Gasteiger partial charge in [0.1, 0.15) is 27.8 Å². The van der Waals surface area contributed by atoms with E-state index in [-0.39, 0.29) is 36.1 Å². The number of hydrogen-bond acceptors (Lipinski definition) is 10. The van der Waals surface area contributed by atoms with Gasteiger partial charge in [-0.15, -0.1) is 11.3 Å². The van der Waals surface area contributed by atoms with Crippen molar-refractivity contribution in [1.82, 2.24) is 4.98 Å². The van der Waals surface area contributed by atoms with Gasteiger partial charge < -0.3 is 31.1 Å². The van der Waals surface area contributed by atoms with Crippen molar-refractivity contribution >= 4 is 40.3 Å². The first-order valence-corrected chi connectivity index (χ1v) is 11.8. The number of carbonyl (C=O) groups is 3. The van der Waals surface area contributed by atoms with E-state index in [1.807, 2.05) is 19.0 Å². The number of aromatic nitrogens is 1. The number of nitrogens with two attached hydrogens (primary N) is 1. The number of rotatable bonds is 3. The number of anilines is 1. The Morgan fingerprint density at radius 3 is 2.54 bits per heavy atom. The standard InChI is InChI=1S/C24H23N3O7S/c1-27(2)13-8-12(23-26-3-4-35-23)18(29)16-11(13)6-9-5-10-7-14(28)17(22(25)33)21(32)24(10,34)20(31)15(9)19(16)30/h3-4,8-10,29-30,32,34H,5-7H2,1-2H3,(H2,25,33)/t9-,10+,24+/m1/s1. The van der Waals surface area contributed by atoms with Gasteiger partial charge in [-0.3, -0.25) is 14.4 Å². The Morgan fingerprint density at radius 1 is 1.23 bits per heavy atom. The lowest BCUT2D eigenvalue weighted by molar-refractivity contribution is -0.147. The number of Topliss-reactive ketones (excluding diaryl/α,β-unsaturated/α-hetero) is 2. The molecule has 0 unspecified atom stereocenters. The average molecular weight is 498 g/mol. The minimum absolute atomic E-state index is 0.0496. The lowest BCUT2D eigenvalue weighted by Gasteiger charge is -2.46. The van der Waals surface area contributed by atoms with E-state index in [4.69, 9.17) is 5.73 Å². The number of carbonyl (C=O) groups excluding carboxylic acids is 3. The summed E-state index contributed by atoms with van der Waals surface area (Å²) in [5, 5.41) is 46.8. The first kappa shape index (κ1) is 23.1. The molecule has 182 valence electrons. The molecule has 35 heavy (non-hydrogen) atoms. The summed E-state index contributed by atoms with van der Waals surface area (Å²) in [5.41, 5.74) is 3.40. The third kappa shape index (κ3) is 3.04. The molecular weight excluding hydrogens is 474 g/mol. The van der Waals surface area contributed by atoms with Crippen molar-refractivity contribution in [3.63, 3.8) is 0 Å². The Bertz CT molecular complexity index is 1380. The molecule has 3 atom stereocenters. The van der Waals surface area contributed by atoms with Crippen molar-refractivity contribution in [2.24, 2.45) is 17.6 Å². The van der Waals surface area contributed by atoms with Gasteiger partial charge in [0.25, 0.3) is 5.91 Å². The number of aromatic hydroxyl groups is 1. The molecule has 1 heterocycles. The molecule has 11 heteroatoms. The van der Waals surface area contributed by atoms with Gasteiger partial charge in [0, 0.05) is 49.3 Å². The first-order chi connectivity index (χ1) is 16.5. The molecule has 3 aliphatic rings. The van der Waals surface area contributed by atoms with E-state index in [2.05, 4.69) is 4.98 Å². The van der Waals surface area contributed by atoms with E-state index in [1.165, 1.54) is 11.3 Å². The molecular formula is C24H23N3O7S. The summed E-state index contributed by atoms with van der Waals surface area (Å²) in [6, 6.07) is 1.77. The maximum atomic E-state index is 13.6. The summed E-state index contributed by atoms with van der Waals surface area (Å²) in [7, 11) is 3.63. The fourth-order valence-corrected chi connectivity index (χ4v) is 6.24. The molecule has 2 aromatic rings. The number of phenols is 1. The zero-order valence-corrected chi connectivity index (χ0v) is 19.7. The van der Waals surface area contributed by atoms with Crippen molar-refractivity contribution in [3.05, 3.63) is 45.7 Å². The second kappa shape index (κ2) is 7.65. The summed E-state index contributed by atoms with van der Waals surface area (Å²) in [6.07, 6.45) is 1.56. The van der Waals surface area contributed by atoms with Crippen molar-refractivity contribution in [2.75, 3.05) is 19.0 Å². The molecule has 10 nitrogen and oxygen atoms in total. The summed E-state index contributed by atoms with van der Waals surface area (Å²) in [4.78, 5) is 43.9. The molecule has 1 aromatic heterocycles. The van der Waals surface area contributed by atoms with E-state index < -0.39 is 52.0 Å². The highest BCUT2D eigenvalue weighted by Crippen LogP contribution is 2.54. The molecule has 0 radical (unpaired) electrons. The second-order valence-electron chi connectivity index (χ2n) is 9.28. The van der Waals surface area contributed by atoms with Crippen LogP contribution in [0.2, 0.25) is 0 Å². The average Bonchev–Trinajstić information content (AvgIpc) is 3.30. The number of ketones is 2. The molecule has 1 aromatic carbocycles. The Labute approximate surface area is 203 Å². The third-order valence-electron chi connectivity index (χ3n) is 7.18. The fourth-order valence-electron chi connectivity index (χ4n) is 5.59. The van der Waals surface area contributed by atoms with Crippen LogP contribution in [0, 0.1) is 11.8 Å². The SMILES string of the molecule is CN(C)c1cc(-c2nccs2)c(O)c2c1C[C@H]1C[C@H]3CC(=O)C(C(N)=O)=C(O)[C@@]3(O)C(=O)C1=C2O. The topological polar surface area (TPSA) is 174 Å². The number of benzene rings is 1. The number of thiazole rings is 1. The number of aliphatic hydroxyl groups excluding tert-OH is 2. The summed E-state index contributed by atoms with van der Waals surface area (Å²) < 4.78 is 0. The molecule has 6 N–H and O–H groups in total. The quantitative estimate of drug-likeness (QED) is 0.395. The number of fused-ring (bicyclic) bond motifs is 3. The summed E-state index contributed by atoms with van der Waals surface area (Å²) in [5.74, 6) is -6.46. The van der Waals surface area contributed by atoms with Crippen LogP contribution in [0.4, 0.5) is 5.69 Å². The maximum absolute atomic E-state index is 13.6. The zero-order valence-electron chi connectivity index (χ0n) is 18.9. The van der Waals surface area contributed by atoms with Crippen LogP contribution in [0.15, 0.2) is 34.5 Å². The highest BCUT2D eigenvalue weighted by atomic mass is 32.1. The normalized spacial score (nSPS) is 25.8. The fraction of sp³-hybridized carbons (Fsp3) is 0.333. The van der Waals surface area contributed by atoms with Gasteiger partial charge in [-0.05, 0) is 30.4 Å². The predicted molar refractivity (Wildman–Crippen MR) is 127 cm³/mol. The second-order valence-corrected chi connectivity index (χ2v) is 10.2. The summed E-state index contributed by atoms with van der Waals surface area (Å²) >= 11 is 1.29. The Morgan fingerprint density at radius 2 is 1.94 bits per heavy atom. The van der Waals surface area contributed by atoms with Gasteiger partial charge in [0.15, 0.2) is 11.4 Å². The number of nitrogens with zero attached hydrogens (tertiary/aromatic N) is 2. The largest absolute Gasteiger partial charge is 0.508 e. The monoisotopic (exact) mass is 497 g/mol. The van der Waals surface area contributed by atoms with Crippen molar-refractivity contribution in [2.45, 2.75) is 24.9 Å². The lowest BCUT2D eigenvalue weighted by atomic mass is 9.59. The van der Waals surface area contributed by atoms with Crippen LogP contribution in [0.1, 0.15) is 24.0 Å². The van der Waals surface area contributed by atoms with Crippen LogP contribution in [0.3, 0.4) is 0 Å². The first-order valence-electron chi connectivity index (χ1n) is 10.9.